The Bertz CT molecular complexity index is 153. The summed E-state index contributed by atoms with van der Waals surface area (Å²) >= 11 is 11.9. The van der Waals surface area contributed by atoms with E-state index < -0.39 is 6.69 Å². The largest absolute Gasteiger partial charge is 0.379 e. The molecule has 0 N–H and O–H groups in total. The van der Waals surface area contributed by atoms with Gasteiger partial charge in [-0.3, -0.25) is 0 Å². The quantitative estimate of drug-likeness (QED) is 0.332. The molecule has 0 fully saturated rings. The Balaban J connectivity index is 2.99. The van der Waals surface area contributed by atoms with Gasteiger partial charge in [0.15, 0.2) is 0 Å². The molecule has 0 bridgehead atoms. The smallest absolute Gasteiger partial charge is 0.248 e. The number of halogens is 2. The van der Waals surface area contributed by atoms with Gasteiger partial charge in [0.1, 0.15) is 0 Å². The molecule has 0 aliphatic heterocycles. The Kier molecular flexibility index (Phi) is 11.3. The normalized spacial score (nSPS) is 12.0. The highest BCUT2D eigenvalue weighted by atomic mass is 35.7. The van der Waals surface area contributed by atoms with Crippen molar-refractivity contribution in [3.05, 3.63) is 0 Å². The zero-order chi connectivity index (χ0) is 12.3. The fourth-order valence-corrected chi connectivity index (χ4v) is 2.64. The van der Waals surface area contributed by atoms with E-state index in [0.29, 0.717) is 33.0 Å². The summed E-state index contributed by atoms with van der Waals surface area (Å²) in [7, 11) is 0. The van der Waals surface area contributed by atoms with E-state index in [2.05, 4.69) is 0 Å². The van der Waals surface area contributed by atoms with E-state index >= 15 is 0 Å². The van der Waals surface area contributed by atoms with Crippen LogP contribution in [0.5, 0.6) is 0 Å². The molecule has 0 saturated carbocycles. The van der Waals surface area contributed by atoms with E-state index in [-0.39, 0.29) is 0 Å². The highest BCUT2D eigenvalue weighted by Crippen LogP contribution is 2.21. The topological polar surface area (TPSA) is 27.7 Å². The SMILES string of the molecule is CCOCCOCCOCCC[Si](C)(Cl)Cl. The van der Waals surface area contributed by atoms with E-state index in [1.165, 1.54) is 0 Å². The van der Waals surface area contributed by atoms with Crippen molar-refractivity contribution in [1.82, 2.24) is 0 Å². The Hall–Kier alpha value is 0.677. The Morgan fingerprint density at radius 3 is 1.88 bits per heavy atom. The molecule has 0 spiro atoms. The molecular formula is C10H22Cl2O3Si. The standard InChI is InChI=1S/C10H22Cl2O3Si/c1-3-13-6-7-15-9-8-14-5-4-10-16(2,11)12/h3-10H2,1-2H3. The van der Waals surface area contributed by atoms with Crippen molar-refractivity contribution in [1.29, 1.82) is 0 Å². The third-order valence-electron chi connectivity index (χ3n) is 1.85. The van der Waals surface area contributed by atoms with Gasteiger partial charge in [-0.05, 0) is 25.9 Å². The first-order valence-corrected chi connectivity index (χ1v) is 10.4. The van der Waals surface area contributed by atoms with Gasteiger partial charge in [-0.25, -0.2) is 0 Å². The second kappa shape index (κ2) is 10.8. The van der Waals surface area contributed by atoms with Gasteiger partial charge < -0.3 is 14.2 Å². The van der Waals surface area contributed by atoms with Crippen molar-refractivity contribution in [2.24, 2.45) is 0 Å². The third-order valence-corrected chi connectivity index (χ3v) is 4.22. The second-order valence-corrected chi connectivity index (χ2v) is 11.8. The first-order valence-electron chi connectivity index (χ1n) is 5.67. The minimum atomic E-state index is -1.93. The predicted molar refractivity (Wildman–Crippen MR) is 70.9 cm³/mol. The molecule has 0 unspecified atom stereocenters. The molecule has 6 heteroatoms. The number of rotatable bonds is 11. The van der Waals surface area contributed by atoms with Gasteiger partial charge in [0.2, 0.25) is 6.69 Å². The fourth-order valence-electron chi connectivity index (χ4n) is 1.07. The molecule has 0 aliphatic rings. The molecule has 0 aromatic rings. The van der Waals surface area contributed by atoms with Crippen molar-refractivity contribution in [3.63, 3.8) is 0 Å². The average Bonchev–Trinajstić information content (AvgIpc) is 2.19. The number of hydrogen-bond donors (Lipinski definition) is 0. The van der Waals surface area contributed by atoms with Crippen LogP contribution in [0.25, 0.3) is 0 Å². The van der Waals surface area contributed by atoms with Gasteiger partial charge in [0.05, 0.1) is 26.4 Å². The average molecular weight is 289 g/mol. The second-order valence-electron chi connectivity index (χ2n) is 3.60. The minimum absolute atomic E-state index is 0.615. The predicted octanol–water partition coefficient (Wildman–Crippen LogP) is 3.00. The lowest BCUT2D eigenvalue weighted by Gasteiger charge is -2.10. The van der Waals surface area contributed by atoms with Gasteiger partial charge >= 0.3 is 0 Å². The molecule has 0 rings (SSSR count). The van der Waals surface area contributed by atoms with E-state index in [9.17, 15) is 0 Å². The first-order chi connectivity index (χ1) is 7.56. The summed E-state index contributed by atoms with van der Waals surface area (Å²) in [4.78, 5) is 0. The summed E-state index contributed by atoms with van der Waals surface area (Å²) in [6.07, 6.45) is 0.925. The first kappa shape index (κ1) is 16.7. The molecule has 0 aromatic heterocycles. The molecule has 3 nitrogen and oxygen atoms in total. The van der Waals surface area contributed by atoms with Gasteiger partial charge in [0, 0.05) is 13.2 Å². The maximum Gasteiger partial charge on any atom is 0.248 e. The van der Waals surface area contributed by atoms with Crippen LogP contribution in [0.1, 0.15) is 13.3 Å². The molecular weight excluding hydrogens is 267 g/mol. The summed E-state index contributed by atoms with van der Waals surface area (Å²) in [5, 5.41) is 0. The highest BCUT2D eigenvalue weighted by Gasteiger charge is 2.19. The van der Waals surface area contributed by atoms with Gasteiger partial charge in [-0.2, -0.15) is 0 Å². The molecule has 0 atom stereocenters. The molecule has 0 saturated heterocycles. The van der Waals surface area contributed by atoms with Gasteiger partial charge in [0.25, 0.3) is 0 Å². The maximum absolute atomic E-state index is 5.95. The van der Waals surface area contributed by atoms with Crippen molar-refractivity contribution in [3.8, 4) is 0 Å². The van der Waals surface area contributed by atoms with Crippen molar-refractivity contribution < 1.29 is 14.2 Å². The molecule has 98 valence electrons. The van der Waals surface area contributed by atoms with Crippen LogP contribution in [0.4, 0.5) is 0 Å². The van der Waals surface area contributed by atoms with Gasteiger partial charge in [-0.15, -0.1) is 22.2 Å². The lowest BCUT2D eigenvalue weighted by Crippen LogP contribution is -2.14. The molecule has 16 heavy (non-hydrogen) atoms. The maximum atomic E-state index is 5.95. The summed E-state index contributed by atoms with van der Waals surface area (Å²) in [6.45, 7) is 5.92. The van der Waals surface area contributed by atoms with E-state index in [0.717, 1.165) is 19.1 Å². The lowest BCUT2D eigenvalue weighted by atomic mass is 10.5. The van der Waals surface area contributed by atoms with Crippen molar-refractivity contribution >= 4 is 28.9 Å². The van der Waals surface area contributed by atoms with Crippen molar-refractivity contribution in [2.45, 2.75) is 25.9 Å². The van der Waals surface area contributed by atoms with Crippen LogP contribution in [-0.2, 0) is 14.2 Å². The summed E-state index contributed by atoms with van der Waals surface area (Å²) in [5.74, 6) is 0. The van der Waals surface area contributed by atoms with E-state index in [1.807, 2.05) is 13.5 Å². The fraction of sp³-hybridized carbons (Fsp3) is 1.00. The van der Waals surface area contributed by atoms with E-state index in [1.54, 1.807) is 0 Å². The third kappa shape index (κ3) is 14.7. The Morgan fingerprint density at radius 1 is 0.875 bits per heavy atom. The van der Waals surface area contributed by atoms with Crippen LogP contribution in [0, 0.1) is 0 Å². The number of hydrogen-bond acceptors (Lipinski definition) is 3. The van der Waals surface area contributed by atoms with E-state index in [4.69, 9.17) is 36.4 Å². The molecule has 0 amide bonds. The molecule has 0 heterocycles. The van der Waals surface area contributed by atoms with Crippen LogP contribution >= 0.6 is 22.2 Å². The van der Waals surface area contributed by atoms with Crippen LogP contribution in [0.15, 0.2) is 0 Å². The zero-order valence-electron chi connectivity index (χ0n) is 10.1. The lowest BCUT2D eigenvalue weighted by molar-refractivity contribution is 0.0171. The monoisotopic (exact) mass is 288 g/mol. The summed E-state index contributed by atoms with van der Waals surface area (Å²) in [5.41, 5.74) is 0. The summed E-state index contributed by atoms with van der Waals surface area (Å²) < 4.78 is 15.8. The number of ether oxygens (including phenoxy) is 3. The zero-order valence-corrected chi connectivity index (χ0v) is 12.6. The Morgan fingerprint density at radius 2 is 1.38 bits per heavy atom. The minimum Gasteiger partial charge on any atom is -0.379 e. The molecule has 0 radical (unpaired) electrons. The molecule has 0 aromatic carbocycles. The van der Waals surface area contributed by atoms with Crippen LogP contribution < -0.4 is 0 Å². The highest BCUT2D eigenvalue weighted by molar-refractivity contribution is 7.44. The van der Waals surface area contributed by atoms with Crippen molar-refractivity contribution in [2.75, 3.05) is 39.6 Å². The van der Waals surface area contributed by atoms with Crippen LogP contribution in [0.2, 0.25) is 12.6 Å². The molecule has 0 aliphatic carbocycles. The summed E-state index contributed by atoms with van der Waals surface area (Å²) in [6, 6.07) is 0.876. The Labute approximate surface area is 109 Å². The van der Waals surface area contributed by atoms with Crippen LogP contribution in [-0.4, -0.2) is 46.3 Å². The van der Waals surface area contributed by atoms with Crippen LogP contribution in [0.3, 0.4) is 0 Å². The van der Waals surface area contributed by atoms with Gasteiger partial charge in [-0.1, -0.05) is 0 Å².